The second kappa shape index (κ2) is 15.0. The van der Waals surface area contributed by atoms with Crippen molar-refractivity contribution < 1.29 is 41.1 Å². The first kappa shape index (κ1) is 38.1. The number of halogens is 5. The van der Waals surface area contributed by atoms with Gasteiger partial charge >= 0.3 is 6.18 Å². The number of amidine groups is 1. The number of nitrogens with zero attached hydrogens (tertiary/aromatic N) is 5. The number of para-hydroxylation sites is 1. The number of carbonyl (C=O) groups excluding carboxylic acids is 2. The van der Waals surface area contributed by atoms with Crippen LogP contribution >= 0.6 is 23.2 Å². The van der Waals surface area contributed by atoms with Crippen LogP contribution in [0, 0.1) is 6.92 Å². The van der Waals surface area contributed by atoms with Crippen LogP contribution in [-0.2, 0) is 27.6 Å². The zero-order valence-electron chi connectivity index (χ0n) is 28.1. The van der Waals surface area contributed by atoms with Gasteiger partial charge in [0.2, 0.25) is 15.9 Å². The Balaban J connectivity index is 1.16. The third kappa shape index (κ3) is 7.58. The highest BCUT2D eigenvalue weighted by molar-refractivity contribution is 7.89. The van der Waals surface area contributed by atoms with Crippen LogP contribution in [0.15, 0.2) is 70.7 Å². The number of alkyl halides is 3. The number of carbonyl (C=O) groups is 2. The standard InChI is InChI=1S/C35H33Cl2F3N6O6S/c1-20-18-25(35(38,39)40)23-4-2-6-28(31(23)42-20)52-19-24-26(36)11-12-29(30(24)37)53(50,51)46-13-3-5-27(46)34(48)45-16-14-44(15-17-45)33(47)22-9-7-21(8-10-22)32(41)43-49/h2,4,6-12,18,27,49H,3,5,13-17,19H2,1H3,(H2,41,43)/t27-/m0/s1. The minimum absolute atomic E-state index is 0.0141. The van der Waals surface area contributed by atoms with Crippen LogP contribution in [0.2, 0.25) is 10.0 Å². The van der Waals surface area contributed by atoms with E-state index in [1.165, 1.54) is 42.2 Å². The summed E-state index contributed by atoms with van der Waals surface area (Å²) in [6.07, 6.45) is -3.94. The molecule has 53 heavy (non-hydrogen) atoms. The van der Waals surface area contributed by atoms with Crippen LogP contribution in [-0.4, -0.2) is 89.1 Å². The van der Waals surface area contributed by atoms with Gasteiger partial charge in [0.15, 0.2) is 5.84 Å². The molecule has 12 nitrogen and oxygen atoms in total. The molecule has 18 heteroatoms. The van der Waals surface area contributed by atoms with Crippen molar-refractivity contribution in [1.29, 1.82) is 0 Å². The molecule has 0 bridgehead atoms. The minimum Gasteiger partial charge on any atom is -0.487 e. The van der Waals surface area contributed by atoms with Crippen molar-refractivity contribution in [3.05, 3.63) is 98.7 Å². The molecule has 2 fully saturated rings. The maximum Gasteiger partial charge on any atom is 0.417 e. The Morgan fingerprint density at radius 1 is 1.00 bits per heavy atom. The molecule has 1 aromatic heterocycles. The lowest BCUT2D eigenvalue weighted by atomic mass is 10.1. The Labute approximate surface area is 312 Å². The van der Waals surface area contributed by atoms with Crippen LogP contribution in [0.25, 0.3) is 10.9 Å². The normalized spacial score (nSPS) is 17.4. The number of pyridine rings is 1. The number of oxime groups is 1. The summed E-state index contributed by atoms with van der Waals surface area (Å²) in [4.78, 5) is 34.0. The summed E-state index contributed by atoms with van der Waals surface area (Å²) in [7, 11) is -4.35. The fourth-order valence-corrected chi connectivity index (χ4v) is 9.04. The first-order chi connectivity index (χ1) is 25.1. The fraction of sp³-hybridized carbons (Fsp3) is 0.314. The van der Waals surface area contributed by atoms with E-state index in [0.29, 0.717) is 17.5 Å². The number of nitrogens with two attached hydrogens (primary N) is 1. The third-order valence-corrected chi connectivity index (χ3v) is 12.1. The first-order valence-electron chi connectivity index (χ1n) is 16.4. The van der Waals surface area contributed by atoms with E-state index >= 15 is 0 Å². The molecule has 2 aliphatic heterocycles. The minimum atomic E-state index is -4.63. The number of rotatable bonds is 8. The number of aryl methyl sites for hydroxylation is 1. The maximum atomic E-state index is 14.1. The van der Waals surface area contributed by atoms with E-state index in [-0.39, 0.29) is 93.7 Å². The van der Waals surface area contributed by atoms with Gasteiger partial charge in [-0.3, -0.25) is 9.59 Å². The Hall–Kier alpha value is -4.64. The van der Waals surface area contributed by atoms with Crippen LogP contribution < -0.4 is 10.5 Å². The van der Waals surface area contributed by atoms with Gasteiger partial charge in [-0.15, -0.1) is 0 Å². The fourth-order valence-electron chi connectivity index (χ4n) is 6.52. The van der Waals surface area contributed by atoms with Crippen molar-refractivity contribution in [3.63, 3.8) is 0 Å². The molecule has 0 aliphatic carbocycles. The van der Waals surface area contributed by atoms with E-state index in [2.05, 4.69) is 10.1 Å². The van der Waals surface area contributed by atoms with Crippen molar-refractivity contribution in [2.24, 2.45) is 10.9 Å². The molecule has 0 radical (unpaired) electrons. The monoisotopic (exact) mass is 792 g/mol. The van der Waals surface area contributed by atoms with E-state index in [1.54, 1.807) is 29.2 Å². The van der Waals surface area contributed by atoms with Gasteiger partial charge < -0.3 is 25.5 Å². The third-order valence-electron chi connectivity index (χ3n) is 9.25. The lowest BCUT2D eigenvalue weighted by Crippen LogP contribution is -2.55. The number of fused-ring (bicyclic) bond motifs is 1. The van der Waals surface area contributed by atoms with Crippen molar-refractivity contribution >= 4 is 61.8 Å². The van der Waals surface area contributed by atoms with Crippen molar-refractivity contribution in [2.45, 2.75) is 43.5 Å². The number of hydrogen-bond acceptors (Lipinski definition) is 8. The Morgan fingerprint density at radius 3 is 2.32 bits per heavy atom. The largest absolute Gasteiger partial charge is 0.487 e. The summed E-state index contributed by atoms with van der Waals surface area (Å²) in [6.45, 7) is 1.93. The molecule has 2 aliphatic rings. The Kier molecular flexibility index (Phi) is 10.8. The second-order valence-corrected chi connectivity index (χ2v) is 15.2. The summed E-state index contributed by atoms with van der Waals surface area (Å²) in [5, 5.41) is 11.5. The van der Waals surface area contributed by atoms with E-state index in [4.69, 9.17) is 38.9 Å². The highest BCUT2D eigenvalue weighted by Gasteiger charge is 2.43. The van der Waals surface area contributed by atoms with E-state index in [9.17, 15) is 31.2 Å². The number of hydrogen-bond donors (Lipinski definition) is 2. The topological polar surface area (TPSA) is 159 Å². The quantitative estimate of drug-likeness (QED) is 0.0999. The Bertz CT molecular complexity index is 2210. The van der Waals surface area contributed by atoms with E-state index < -0.39 is 40.3 Å². The van der Waals surface area contributed by atoms with Crippen molar-refractivity contribution in [2.75, 3.05) is 32.7 Å². The van der Waals surface area contributed by atoms with Gasteiger partial charge in [0, 0.05) is 65.5 Å². The highest BCUT2D eigenvalue weighted by atomic mass is 35.5. The number of piperazine rings is 1. The van der Waals surface area contributed by atoms with Gasteiger partial charge in [-0.1, -0.05) is 52.6 Å². The average Bonchev–Trinajstić information content (AvgIpc) is 3.65. The molecular formula is C35H33Cl2F3N6O6S. The SMILES string of the molecule is Cc1cc(C(F)(F)F)c2cccc(OCc3c(Cl)ccc(S(=O)(=O)N4CCC[C@H]4C(=O)N4CCN(C(=O)c5ccc(C(N)=NO)cc5)CC4)c3Cl)c2n1. The first-order valence-corrected chi connectivity index (χ1v) is 18.6. The molecule has 1 atom stereocenters. The zero-order valence-corrected chi connectivity index (χ0v) is 30.4. The number of benzene rings is 3. The molecule has 2 saturated heterocycles. The van der Waals surface area contributed by atoms with Crippen LogP contribution in [0.5, 0.6) is 5.75 Å². The van der Waals surface area contributed by atoms with Gasteiger partial charge in [0.1, 0.15) is 28.8 Å². The Morgan fingerprint density at radius 2 is 1.66 bits per heavy atom. The zero-order chi connectivity index (χ0) is 38.2. The highest BCUT2D eigenvalue weighted by Crippen LogP contribution is 2.39. The van der Waals surface area contributed by atoms with Crippen LogP contribution in [0.4, 0.5) is 13.2 Å². The van der Waals surface area contributed by atoms with E-state index in [0.717, 1.165) is 10.4 Å². The molecule has 3 heterocycles. The van der Waals surface area contributed by atoms with Gasteiger partial charge in [0.05, 0.1) is 10.6 Å². The summed E-state index contributed by atoms with van der Waals surface area (Å²) in [5.41, 5.74) is 5.72. The molecule has 280 valence electrons. The smallest absolute Gasteiger partial charge is 0.417 e. The molecular weight excluding hydrogens is 760 g/mol. The van der Waals surface area contributed by atoms with Gasteiger partial charge in [-0.05, 0) is 56.2 Å². The summed E-state index contributed by atoms with van der Waals surface area (Å²) in [6, 6.07) is 12.9. The second-order valence-electron chi connectivity index (χ2n) is 12.5. The summed E-state index contributed by atoms with van der Waals surface area (Å²) in [5.74, 6) is -0.736. The number of ether oxygens (including phenoxy) is 1. The average molecular weight is 794 g/mol. The van der Waals surface area contributed by atoms with Crippen LogP contribution in [0.1, 0.15) is 45.6 Å². The predicted octanol–water partition coefficient (Wildman–Crippen LogP) is 5.68. The van der Waals surface area contributed by atoms with Crippen LogP contribution in [0.3, 0.4) is 0 Å². The molecule has 0 unspecified atom stereocenters. The van der Waals surface area contributed by atoms with Gasteiger partial charge in [-0.2, -0.15) is 17.5 Å². The lowest BCUT2D eigenvalue weighted by Gasteiger charge is -2.37. The molecule has 3 aromatic carbocycles. The number of aromatic nitrogens is 1. The molecule has 4 aromatic rings. The number of amides is 2. The number of sulfonamides is 1. The van der Waals surface area contributed by atoms with Crippen molar-refractivity contribution in [3.8, 4) is 5.75 Å². The summed E-state index contributed by atoms with van der Waals surface area (Å²) >= 11 is 13.1. The molecule has 2 amide bonds. The molecule has 0 spiro atoms. The van der Waals surface area contributed by atoms with Gasteiger partial charge in [-0.25, -0.2) is 13.4 Å². The predicted molar refractivity (Wildman–Crippen MR) is 191 cm³/mol. The molecule has 3 N–H and O–H groups in total. The van der Waals surface area contributed by atoms with E-state index in [1.807, 2.05) is 0 Å². The van der Waals surface area contributed by atoms with Gasteiger partial charge in [0.25, 0.3) is 5.91 Å². The molecule has 0 saturated carbocycles. The summed E-state index contributed by atoms with van der Waals surface area (Å²) < 4.78 is 76.6. The molecule has 6 rings (SSSR count). The van der Waals surface area contributed by atoms with Crippen molar-refractivity contribution in [1.82, 2.24) is 19.1 Å². The lowest BCUT2D eigenvalue weighted by molar-refractivity contribution is -0.137. The maximum absolute atomic E-state index is 14.1.